The zero-order valence-corrected chi connectivity index (χ0v) is 14.8. The Labute approximate surface area is 156 Å². The molecule has 1 aromatic heterocycles. The summed E-state index contributed by atoms with van der Waals surface area (Å²) in [5.41, 5.74) is 2.05. The second-order valence-corrected chi connectivity index (χ2v) is 7.71. The third-order valence-electron chi connectivity index (χ3n) is 3.62. The SMILES string of the molecule is O=C(Nn1cnc2ccc(Cl)cc2c1=O)c1ccc(S(=O)(=O)C(F)F)cc1. The Hall–Kier alpha value is -2.85. The van der Waals surface area contributed by atoms with Gasteiger partial charge in [-0.25, -0.2) is 18.1 Å². The van der Waals surface area contributed by atoms with E-state index in [1.165, 1.54) is 6.07 Å². The zero-order valence-electron chi connectivity index (χ0n) is 13.3. The number of alkyl halides is 2. The number of fused-ring (bicyclic) bond motifs is 1. The number of halogens is 3. The molecule has 1 heterocycles. The van der Waals surface area contributed by atoms with Crippen molar-refractivity contribution in [1.29, 1.82) is 0 Å². The number of hydrogen-bond acceptors (Lipinski definition) is 5. The van der Waals surface area contributed by atoms with E-state index >= 15 is 0 Å². The predicted molar refractivity (Wildman–Crippen MR) is 94.3 cm³/mol. The molecular formula is C16H10ClF2N3O4S. The van der Waals surface area contributed by atoms with Crippen molar-refractivity contribution >= 4 is 38.2 Å². The Morgan fingerprint density at radius 1 is 1.15 bits per heavy atom. The molecule has 11 heteroatoms. The third-order valence-corrected chi connectivity index (χ3v) is 5.26. The van der Waals surface area contributed by atoms with Crippen LogP contribution in [0.1, 0.15) is 10.4 Å². The fourth-order valence-corrected chi connectivity index (χ4v) is 3.14. The van der Waals surface area contributed by atoms with Crippen LogP contribution in [-0.4, -0.2) is 29.7 Å². The summed E-state index contributed by atoms with van der Waals surface area (Å²) in [5.74, 6) is -4.33. The lowest BCUT2D eigenvalue weighted by atomic mass is 10.2. The number of benzene rings is 2. The molecule has 2 aromatic carbocycles. The minimum absolute atomic E-state index is 0.0405. The summed E-state index contributed by atoms with van der Waals surface area (Å²) in [4.78, 5) is 28.0. The molecule has 140 valence electrons. The topological polar surface area (TPSA) is 98.1 Å². The second kappa shape index (κ2) is 7.05. The van der Waals surface area contributed by atoms with Crippen molar-refractivity contribution < 1.29 is 22.0 Å². The lowest BCUT2D eigenvalue weighted by Gasteiger charge is -2.09. The van der Waals surface area contributed by atoms with Crippen LogP contribution in [0.25, 0.3) is 10.9 Å². The van der Waals surface area contributed by atoms with E-state index in [-0.39, 0.29) is 10.9 Å². The van der Waals surface area contributed by atoms with Gasteiger partial charge in [-0.15, -0.1) is 0 Å². The maximum Gasteiger partial charge on any atom is 0.341 e. The number of nitrogens with one attached hydrogen (secondary N) is 1. The van der Waals surface area contributed by atoms with E-state index in [1.54, 1.807) is 12.1 Å². The summed E-state index contributed by atoms with van der Waals surface area (Å²) in [6, 6.07) is 8.40. The molecule has 3 rings (SSSR count). The highest BCUT2D eigenvalue weighted by Crippen LogP contribution is 2.18. The molecule has 27 heavy (non-hydrogen) atoms. The predicted octanol–water partition coefficient (Wildman–Crippen LogP) is 2.43. The van der Waals surface area contributed by atoms with Crippen molar-refractivity contribution in [3.05, 3.63) is 69.7 Å². The Morgan fingerprint density at radius 3 is 2.44 bits per heavy atom. The third kappa shape index (κ3) is 3.67. The highest BCUT2D eigenvalue weighted by Gasteiger charge is 2.26. The Morgan fingerprint density at radius 2 is 1.81 bits per heavy atom. The van der Waals surface area contributed by atoms with Crippen LogP contribution in [0, 0.1) is 0 Å². The number of hydrogen-bond donors (Lipinski definition) is 1. The molecule has 0 aliphatic rings. The van der Waals surface area contributed by atoms with Gasteiger partial charge in [0.15, 0.2) is 0 Å². The monoisotopic (exact) mass is 413 g/mol. The Balaban J connectivity index is 1.89. The summed E-state index contributed by atoms with van der Waals surface area (Å²) in [7, 11) is -4.76. The second-order valence-electron chi connectivity index (χ2n) is 5.35. The first kappa shape index (κ1) is 18.9. The fourth-order valence-electron chi connectivity index (χ4n) is 2.25. The number of rotatable bonds is 4. The standard InChI is InChI=1S/C16H10ClF2N3O4S/c17-10-3-6-13-12(7-10)15(24)22(8-20-13)21-14(23)9-1-4-11(5-2-9)27(25,26)16(18)19/h1-8,16H,(H,21,23). The summed E-state index contributed by atoms with van der Waals surface area (Å²) < 4.78 is 48.7. The van der Waals surface area contributed by atoms with Gasteiger partial charge >= 0.3 is 5.76 Å². The van der Waals surface area contributed by atoms with Gasteiger partial charge in [0.05, 0.1) is 15.8 Å². The summed E-state index contributed by atoms with van der Waals surface area (Å²) >= 11 is 5.85. The molecule has 0 bridgehead atoms. The van der Waals surface area contributed by atoms with E-state index in [0.29, 0.717) is 10.5 Å². The van der Waals surface area contributed by atoms with E-state index in [4.69, 9.17) is 11.6 Å². The fraction of sp³-hybridized carbons (Fsp3) is 0.0625. The molecule has 0 aliphatic carbocycles. The first-order chi connectivity index (χ1) is 12.7. The van der Waals surface area contributed by atoms with Crippen molar-refractivity contribution in [1.82, 2.24) is 9.66 Å². The molecule has 0 saturated heterocycles. The molecular weight excluding hydrogens is 404 g/mol. The van der Waals surface area contributed by atoms with Crippen LogP contribution in [0.4, 0.5) is 8.78 Å². The molecule has 7 nitrogen and oxygen atoms in total. The first-order valence-electron chi connectivity index (χ1n) is 7.30. The van der Waals surface area contributed by atoms with Gasteiger partial charge in [-0.2, -0.15) is 8.78 Å². The number of amides is 1. The van der Waals surface area contributed by atoms with Gasteiger partial charge in [0.25, 0.3) is 11.5 Å². The van der Waals surface area contributed by atoms with Gasteiger partial charge in [0.1, 0.15) is 6.33 Å². The van der Waals surface area contributed by atoms with Crippen LogP contribution in [0.3, 0.4) is 0 Å². The Bertz CT molecular complexity index is 1190. The van der Waals surface area contributed by atoms with E-state index in [2.05, 4.69) is 10.4 Å². The normalized spacial score (nSPS) is 11.7. The van der Waals surface area contributed by atoms with Crippen LogP contribution in [0.15, 0.2) is 58.5 Å². The smallest absolute Gasteiger partial charge is 0.267 e. The van der Waals surface area contributed by atoms with Gasteiger partial charge in [-0.1, -0.05) is 11.6 Å². The van der Waals surface area contributed by atoms with Crippen LogP contribution >= 0.6 is 11.6 Å². The molecule has 0 spiro atoms. The van der Waals surface area contributed by atoms with Gasteiger partial charge in [0.2, 0.25) is 9.84 Å². The van der Waals surface area contributed by atoms with Crippen LogP contribution < -0.4 is 11.0 Å². The largest absolute Gasteiger partial charge is 0.341 e. The molecule has 0 aliphatic heterocycles. The highest BCUT2D eigenvalue weighted by atomic mass is 35.5. The van der Waals surface area contributed by atoms with E-state index in [0.717, 1.165) is 35.3 Å². The summed E-state index contributed by atoms with van der Waals surface area (Å²) in [6.07, 6.45) is 1.10. The van der Waals surface area contributed by atoms with Crippen LogP contribution in [0.5, 0.6) is 0 Å². The number of nitrogens with zero attached hydrogens (tertiary/aromatic N) is 2. The van der Waals surface area contributed by atoms with E-state index in [1.807, 2.05) is 0 Å². The maximum absolute atomic E-state index is 12.5. The van der Waals surface area contributed by atoms with Crippen molar-refractivity contribution in [2.75, 3.05) is 5.43 Å². The van der Waals surface area contributed by atoms with Gasteiger partial charge in [-0.3, -0.25) is 15.0 Å². The number of carbonyl (C=O) groups is 1. The first-order valence-corrected chi connectivity index (χ1v) is 9.23. The molecule has 3 aromatic rings. The highest BCUT2D eigenvalue weighted by molar-refractivity contribution is 7.91. The van der Waals surface area contributed by atoms with Crippen LogP contribution in [-0.2, 0) is 9.84 Å². The molecule has 1 N–H and O–H groups in total. The van der Waals surface area contributed by atoms with E-state index in [9.17, 15) is 26.8 Å². The van der Waals surface area contributed by atoms with Gasteiger partial charge < -0.3 is 0 Å². The molecule has 0 fully saturated rings. The lowest BCUT2D eigenvalue weighted by molar-refractivity contribution is 0.101. The van der Waals surface area contributed by atoms with Crippen LogP contribution in [0.2, 0.25) is 5.02 Å². The number of carbonyl (C=O) groups excluding carboxylic acids is 1. The van der Waals surface area contributed by atoms with Crippen molar-refractivity contribution in [3.8, 4) is 0 Å². The molecule has 0 unspecified atom stereocenters. The number of sulfone groups is 1. The molecule has 0 saturated carbocycles. The average molecular weight is 414 g/mol. The van der Waals surface area contributed by atoms with Crippen molar-refractivity contribution in [2.24, 2.45) is 0 Å². The zero-order chi connectivity index (χ0) is 19.8. The van der Waals surface area contributed by atoms with Crippen molar-refractivity contribution in [3.63, 3.8) is 0 Å². The maximum atomic E-state index is 12.5. The summed E-state index contributed by atoms with van der Waals surface area (Å²) in [5, 5.41) is 0.505. The average Bonchev–Trinajstić information content (AvgIpc) is 2.64. The Kier molecular flexibility index (Phi) is 4.94. The molecule has 0 radical (unpaired) electrons. The lowest BCUT2D eigenvalue weighted by Crippen LogP contribution is -2.33. The van der Waals surface area contributed by atoms with Gasteiger partial charge in [-0.05, 0) is 42.5 Å². The van der Waals surface area contributed by atoms with Crippen molar-refractivity contribution in [2.45, 2.75) is 10.7 Å². The summed E-state index contributed by atoms with van der Waals surface area (Å²) in [6.45, 7) is 0. The minimum Gasteiger partial charge on any atom is -0.267 e. The quantitative estimate of drug-likeness (QED) is 0.708. The van der Waals surface area contributed by atoms with Gasteiger partial charge in [0, 0.05) is 10.6 Å². The minimum atomic E-state index is -4.76. The molecule has 0 atom stereocenters. The number of aromatic nitrogens is 2. The molecule has 1 amide bonds. The van der Waals surface area contributed by atoms with E-state index < -0.39 is 32.0 Å².